The molecule has 0 aliphatic rings. The van der Waals surface area contributed by atoms with E-state index in [1.807, 2.05) is 43.3 Å². The van der Waals surface area contributed by atoms with Crippen molar-refractivity contribution in [3.63, 3.8) is 0 Å². The summed E-state index contributed by atoms with van der Waals surface area (Å²) in [5.74, 6) is 0.556. The maximum absolute atomic E-state index is 10.0. The Bertz CT molecular complexity index is 1640. The molecule has 3 aromatic carbocycles. The molecule has 0 saturated carbocycles. The predicted molar refractivity (Wildman–Crippen MR) is 256 cm³/mol. The van der Waals surface area contributed by atoms with Gasteiger partial charge in [0, 0.05) is 16.7 Å². The van der Waals surface area contributed by atoms with Crippen LogP contribution in [0.5, 0.6) is 17.2 Å². The average molecular weight is 846 g/mol. The second-order valence-electron chi connectivity index (χ2n) is 16.7. The van der Waals surface area contributed by atoms with Crippen LogP contribution in [0, 0.1) is 6.92 Å². The molecular weight excluding hydrogens is 763 g/mol. The number of oxime groups is 3. The van der Waals surface area contributed by atoms with Gasteiger partial charge in [0.1, 0.15) is 17.2 Å². The molecule has 342 valence electrons. The minimum absolute atomic E-state index is 0.170. The fourth-order valence-corrected chi connectivity index (χ4v) is 7.35. The number of nitrogens with zero attached hydrogens (tertiary/aromatic N) is 3. The maximum atomic E-state index is 10.0. The van der Waals surface area contributed by atoms with Gasteiger partial charge in [-0.2, -0.15) is 0 Å². The minimum Gasteiger partial charge on any atom is -0.507 e. The molecule has 0 bridgehead atoms. The molecule has 0 aromatic heterocycles. The van der Waals surface area contributed by atoms with E-state index < -0.39 is 0 Å². The third-order valence-corrected chi connectivity index (χ3v) is 11.3. The lowest BCUT2D eigenvalue weighted by atomic mass is 9.98. The van der Waals surface area contributed by atoms with Gasteiger partial charge in [0.15, 0.2) is 0 Å². The van der Waals surface area contributed by atoms with Crippen molar-refractivity contribution >= 4 is 17.1 Å². The van der Waals surface area contributed by atoms with E-state index in [2.05, 4.69) is 36.2 Å². The number of aryl methyl sites for hydroxylation is 4. The highest BCUT2D eigenvalue weighted by Crippen LogP contribution is 2.26. The Balaban J connectivity index is 0.000000458. The maximum Gasteiger partial charge on any atom is 0.127 e. The van der Waals surface area contributed by atoms with Crippen molar-refractivity contribution in [2.45, 2.75) is 203 Å². The summed E-state index contributed by atoms with van der Waals surface area (Å²) in [6.45, 7) is 13.7. The number of phenols is 3. The summed E-state index contributed by atoms with van der Waals surface area (Å²) >= 11 is 0. The highest BCUT2D eigenvalue weighted by molar-refractivity contribution is 6.02. The lowest BCUT2D eigenvalue weighted by molar-refractivity contribution is 0.318. The summed E-state index contributed by atoms with van der Waals surface area (Å²) in [5.41, 5.74) is 7.65. The van der Waals surface area contributed by atoms with Crippen LogP contribution in [-0.4, -0.2) is 48.1 Å². The van der Waals surface area contributed by atoms with Gasteiger partial charge in [-0.25, -0.2) is 0 Å². The Morgan fingerprint density at radius 1 is 0.393 bits per heavy atom. The largest absolute Gasteiger partial charge is 0.507 e. The molecule has 6 N–H and O–H groups in total. The molecule has 0 aliphatic heterocycles. The minimum atomic E-state index is 0.170. The number of hydrogen-bond acceptors (Lipinski definition) is 9. The van der Waals surface area contributed by atoms with Gasteiger partial charge in [0.2, 0.25) is 0 Å². The first-order valence-corrected chi connectivity index (χ1v) is 23.5. The van der Waals surface area contributed by atoms with Crippen LogP contribution in [0.1, 0.15) is 215 Å². The van der Waals surface area contributed by atoms with E-state index in [9.17, 15) is 15.3 Å². The average Bonchev–Trinajstić information content (AvgIpc) is 3.27. The number of unbranched alkanes of at least 4 members (excludes halogenated alkanes) is 18. The lowest BCUT2D eigenvalue weighted by Gasteiger charge is -2.10. The first kappa shape index (κ1) is 54.5. The van der Waals surface area contributed by atoms with Gasteiger partial charge in [-0.05, 0) is 119 Å². The van der Waals surface area contributed by atoms with Gasteiger partial charge >= 0.3 is 0 Å². The highest BCUT2D eigenvalue weighted by atomic mass is 16.4. The fourth-order valence-electron chi connectivity index (χ4n) is 7.35. The van der Waals surface area contributed by atoms with Crippen molar-refractivity contribution < 1.29 is 30.9 Å². The Morgan fingerprint density at radius 3 is 1.03 bits per heavy atom. The zero-order chi connectivity index (χ0) is 45.3. The van der Waals surface area contributed by atoms with Gasteiger partial charge in [-0.3, -0.25) is 0 Å². The summed E-state index contributed by atoms with van der Waals surface area (Å²) in [6, 6.07) is 15.1. The normalized spacial score (nSPS) is 11.8. The van der Waals surface area contributed by atoms with Crippen molar-refractivity contribution in [2.24, 2.45) is 15.5 Å². The monoisotopic (exact) mass is 846 g/mol. The van der Waals surface area contributed by atoms with Crippen molar-refractivity contribution in [1.82, 2.24) is 0 Å². The molecule has 61 heavy (non-hydrogen) atoms. The van der Waals surface area contributed by atoms with Crippen LogP contribution in [0.4, 0.5) is 0 Å². The molecule has 3 aromatic rings. The summed E-state index contributed by atoms with van der Waals surface area (Å²) in [6.07, 6.45) is 30.2. The topological polar surface area (TPSA) is 158 Å². The Hall–Kier alpha value is -4.53. The van der Waals surface area contributed by atoms with Crippen LogP contribution < -0.4 is 0 Å². The number of hydrogen-bond donors (Lipinski definition) is 6. The first-order chi connectivity index (χ1) is 29.5. The van der Waals surface area contributed by atoms with E-state index in [0.29, 0.717) is 33.8 Å². The summed E-state index contributed by atoms with van der Waals surface area (Å²) in [5, 5.41) is 65.5. The molecule has 0 unspecified atom stereocenters. The van der Waals surface area contributed by atoms with Crippen LogP contribution in [0.2, 0.25) is 0 Å². The van der Waals surface area contributed by atoms with Gasteiger partial charge in [-0.1, -0.05) is 170 Å². The molecule has 0 heterocycles. The van der Waals surface area contributed by atoms with Crippen molar-refractivity contribution in [3.8, 4) is 17.2 Å². The van der Waals surface area contributed by atoms with Gasteiger partial charge in [-0.15, -0.1) is 0 Å². The summed E-state index contributed by atoms with van der Waals surface area (Å²) < 4.78 is 0. The second-order valence-corrected chi connectivity index (χ2v) is 16.7. The van der Waals surface area contributed by atoms with Crippen LogP contribution in [0.3, 0.4) is 0 Å². The lowest BCUT2D eigenvalue weighted by Crippen LogP contribution is -1.99. The molecule has 0 fully saturated rings. The van der Waals surface area contributed by atoms with Gasteiger partial charge in [0.05, 0.1) is 17.1 Å². The standard InChI is InChI=1S/C18H29NO2.2C17H27NO2/c1-4-5-6-7-8-9-10-11-16-12-14(2)18(20)17(13-16)15(3)19-21;2*1-3-4-5-6-7-8-9-10-15-11-12-17(19)16(13-15)14(2)18-20/h12-13,20-21H,4-11H2,1-3H3;2*11-13,19-20H,3-10H2,1-2H3/b19-15-;2*18-14-. The van der Waals surface area contributed by atoms with E-state index >= 15 is 0 Å². The fraction of sp³-hybridized carbons (Fsp3) is 0.596. The molecule has 3 rings (SSSR count). The Kier molecular flexibility index (Phi) is 30.5. The highest BCUT2D eigenvalue weighted by Gasteiger charge is 2.11. The van der Waals surface area contributed by atoms with E-state index in [-0.39, 0.29) is 17.2 Å². The molecule has 0 atom stereocenters. The first-order valence-electron chi connectivity index (χ1n) is 23.5. The van der Waals surface area contributed by atoms with E-state index in [4.69, 9.17) is 15.6 Å². The third kappa shape index (κ3) is 23.3. The van der Waals surface area contributed by atoms with E-state index in [1.54, 1.807) is 32.9 Å². The second kappa shape index (κ2) is 34.1. The van der Waals surface area contributed by atoms with E-state index in [1.165, 1.54) is 152 Å². The number of phenolic OH excluding ortho intramolecular Hbond substituents is 3. The van der Waals surface area contributed by atoms with Crippen molar-refractivity contribution in [1.29, 1.82) is 0 Å². The van der Waals surface area contributed by atoms with Crippen LogP contribution in [0.15, 0.2) is 64.0 Å². The molecule has 0 spiro atoms. The van der Waals surface area contributed by atoms with E-state index in [0.717, 1.165) is 24.8 Å². The molecule has 0 amide bonds. The molecular formula is C52H83N3O6. The van der Waals surface area contributed by atoms with Gasteiger partial charge < -0.3 is 30.9 Å². The quantitative estimate of drug-likeness (QED) is 0.0194. The molecule has 0 saturated heterocycles. The Labute approximate surface area is 369 Å². The zero-order valence-corrected chi connectivity index (χ0v) is 39.1. The Morgan fingerprint density at radius 2 is 0.689 bits per heavy atom. The molecule has 0 aliphatic carbocycles. The van der Waals surface area contributed by atoms with Crippen LogP contribution >= 0.6 is 0 Å². The van der Waals surface area contributed by atoms with Crippen molar-refractivity contribution in [3.05, 3.63) is 87.5 Å². The smallest absolute Gasteiger partial charge is 0.127 e. The van der Waals surface area contributed by atoms with Crippen LogP contribution in [0.25, 0.3) is 0 Å². The zero-order valence-electron chi connectivity index (χ0n) is 39.1. The number of aromatic hydroxyl groups is 3. The summed E-state index contributed by atoms with van der Waals surface area (Å²) in [4.78, 5) is 0. The molecule has 9 nitrogen and oxygen atoms in total. The predicted octanol–water partition coefficient (Wildman–Crippen LogP) is 15.0. The third-order valence-electron chi connectivity index (χ3n) is 11.3. The van der Waals surface area contributed by atoms with Crippen LogP contribution in [-0.2, 0) is 19.3 Å². The van der Waals surface area contributed by atoms with Crippen molar-refractivity contribution in [2.75, 3.05) is 0 Å². The number of rotatable bonds is 27. The van der Waals surface area contributed by atoms with Gasteiger partial charge in [0.25, 0.3) is 0 Å². The molecule has 0 radical (unpaired) electrons. The number of benzene rings is 3. The SMILES string of the molecule is CCCCCCCCCc1cc(C)c(O)c(/C(C)=N\O)c1.CCCCCCCCCc1ccc(O)c(/C(C)=N\O)c1.CCCCCCCCCc1ccc(O)c(/C(C)=N\O)c1. The molecule has 9 heteroatoms. The summed E-state index contributed by atoms with van der Waals surface area (Å²) in [7, 11) is 0.